The van der Waals surface area contributed by atoms with Crippen molar-refractivity contribution < 1.29 is 19.4 Å². The summed E-state index contributed by atoms with van der Waals surface area (Å²) in [5.41, 5.74) is 2.12. The standard InChI is InChI=1S/C23H21Cl2NO4/c1-13-4-2-5-14(10-13)20-19(21(27)15-7-8-17(24)18(25)11-15)22(28)23(29)26(20)12-16-6-3-9-30-16/h2,4-5,7-8,10-11,16,20,27H,3,6,9,12H2,1H3/b21-19-. The predicted molar refractivity (Wildman–Crippen MR) is 116 cm³/mol. The Kier molecular flexibility index (Phi) is 5.87. The van der Waals surface area contributed by atoms with Gasteiger partial charge in [0.2, 0.25) is 0 Å². The van der Waals surface area contributed by atoms with Crippen LogP contribution in [0.4, 0.5) is 0 Å². The maximum Gasteiger partial charge on any atom is 0.295 e. The van der Waals surface area contributed by atoms with Gasteiger partial charge in [-0.1, -0.05) is 53.0 Å². The fraction of sp³-hybridized carbons (Fsp3) is 0.304. The highest BCUT2D eigenvalue weighted by Crippen LogP contribution is 2.40. The molecular formula is C23H21Cl2NO4. The second kappa shape index (κ2) is 8.42. The number of benzene rings is 2. The van der Waals surface area contributed by atoms with Crippen molar-refractivity contribution in [2.75, 3.05) is 13.2 Å². The van der Waals surface area contributed by atoms with Gasteiger partial charge in [0.25, 0.3) is 11.7 Å². The topological polar surface area (TPSA) is 66.8 Å². The van der Waals surface area contributed by atoms with Crippen molar-refractivity contribution in [3.8, 4) is 0 Å². The number of amides is 1. The van der Waals surface area contributed by atoms with E-state index in [1.807, 2.05) is 31.2 Å². The van der Waals surface area contributed by atoms with Gasteiger partial charge < -0.3 is 14.7 Å². The molecule has 2 heterocycles. The van der Waals surface area contributed by atoms with Crippen LogP contribution in [0, 0.1) is 6.92 Å². The number of aryl methyl sites for hydroxylation is 1. The molecule has 5 nitrogen and oxygen atoms in total. The van der Waals surface area contributed by atoms with Gasteiger partial charge in [0.15, 0.2) is 0 Å². The van der Waals surface area contributed by atoms with Gasteiger partial charge in [0.05, 0.1) is 27.8 Å². The summed E-state index contributed by atoms with van der Waals surface area (Å²) in [5.74, 6) is -1.63. The quantitative estimate of drug-likeness (QED) is 0.412. The van der Waals surface area contributed by atoms with E-state index in [-0.39, 0.29) is 22.5 Å². The minimum absolute atomic E-state index is 0.0435. The van der Waals surface area contributed by atoms with Crippen LogP contribution in [0.1, 0.15) is 35.6 Å². The number of aliphatic hydroxyl groups excluding tert-OH is 1. The van der Waals surface area contributed by atoms with Gasteiger partial charge in [-0.3, -0.25) is 9.59 Å². The first kappa shape index (κ1) is 20.9. The lowest BCUT2D eigenvalue weighted by atomic mass is 9.94. The molecule has 0 radical (unpaired) electrons. The van der Waals surface area contributed by atoms with Crippen LogP contribution in [0.25, 0.3) is 5.76 Å². The third-order valence-corrected chi connectivity index (χ3v) is 6.25. The third kappa shape index (κ3) is 3.85. The van der Waals surface area contributed by atoms with E-state index < -0.39 is 17.7 Å². The van der Waals surface area contributed by atoms with E-state index in [0.29, 0.717) is 23.7 Å². The van der Waals surface area contributed by atoms with Gasteiger partial charge in [-0.15, -0.1) is 0 Å². The summed E-state index contributed by atoms with van der Waals surface area (Å²) < 4.78 is 5.70. The fourth-order valence-electron chi connectivity index (χ4n) is 4.06. The SMILES string of the molecule is Cc1cccc(C2/C(=C(/O)c3ccc(Cl)c(Cl)c3)C(=O)C(=O)N2CC2CCCO2)c1. The number of ketones is 1. The van der Waals surface area contributed by atoms with Crippen LogP contribution in [-0.2, 0) is 14.3 Å². The summed E-state index contributed by atoms with van der Waals surface area (Å²) in [6.07, 6.45) is 1.63. The number of aliphatic hydroxyl groups is 1. The Morgan fingerprint density at radius 1 is 1.17 bits per heavy atom. The summed E-state index contributed by atoms with van der Waals surface area (Å²) in [4.78, 5) is 27.5. The first-order valence-electron chi connectivity index (χ1n) is 9.79. The third-order valence-electron chi connectivity index (χ3n) is 5.52. The number of hydrogen-bond acceptors (Lipinski definition) is 4. The van der Waals surface area contributed by atoms with E-state index in [4.69, 9.17) is 27.9 Å². The molecular weight excluding hydrogens is 425 g/mol. The molecule has 2 fully saturated rings. The molecule has 4 rings (SSSR count). The smallest absolute Gasteiger partial charge is 0.295 e. The minimum atomic E-state index is -0.719. The van der Waals surface area contributed by atoms with E-state index in [2.05, 4.69) is 0 Å². The number of hydrogen-bond donors (Lipinski definition) is 1. The molecule has 2 unspecified atom stereocenters. The molecule has 2 aliphatic heterocycles. The van der Waals surface area contributed by atoms with Gasteiger partial charge in [-0.05, 0) is 43.5 Å². The highest BCUT2D eigenvalue weighted by molar-refractivity contribution is 6.46. The van der Waals surface area contributed by atoms with Crippen molar-refractivity contribution >= 4 is 40.7 Å². The molecule has 30 heavy (non-hydrogen) atoms. The van der Waals surface area contributed by atoms with Gasteiger partial charge >= 0.3 is 0 Å². The van der Waals surface area contributed by atoms with E-state index >= 15 is 0 Å². The molecule has 1 N–H and O–H groups in total. The average molecular weight is 446 g/mol. The normalized spacial score (nSPS) is 23.4. The zero-order valence-electron chi connectivity index (χ0n) is 16.4. The van der Waals surface area contributed by atoms with Crippen LogP contribution in [0.5, 0.6) is 0 Å². The van der Waals surface area contributed by atoms with E-state index in [1.54, 1.807) is 12.1 Å². The lowest BCUT2D eigenvalue weighted by Gasteiger charge is -2.27. The number of likely N-dealkylation sites (tertiary alicyclic amines) is 1. The molecule has 7 heteroatoms. The highest BCUT2D eigenvalue weighted by atomic mass is 35.5. The number of nitrogens with zero attached hydrogens (tertiary/aromatic N) is 1. The molecule has 156 valence electrons. The zero-order chi connectivity index (χ0) is 21.4. The molecule has 0 bridgehead atoms. The Bertz CT molecular complexity index is 1040. The number of carbonyl (C=O) groups is 2. The maximum atomic E-state index is 13.0. The van der Waals surface area contributed by atoms with Crippen LogP contribution in [0.2, 0.25) is 10.0 Å². The van der Waals surface area contributed by atoms with E-state index in [9.17, 15) is 14.7 Å². The van der Waals surface area contributed by atoms with Gasteiger partial charge in [-0.25, -0.2) is 0 Å². The van der Waals surface area contributed by atoms with Crippen LogP contribution < -0.4 is 0 Å². The molecule has 2 aliphatic rings. The van der Waals surface area contributed by atoms with Crippen molar-refractivity contribution in [1.29, 1.82) is 0 Å². The van der Waals surface area contributed by atoms with Crippen molar-refractivity contribution in [1.82, 2.24) is 4.90 Å². The fourth-order valence-corrected chi connectivity index (χ4v) is 4.36. The molecule has 2 aromatic rings. The molecule has 0 spiro atoms. The Balaban J connectivity index is 1.84. The monoisotopic (exact) mass is 445 g/mol. The van der Waals surface area contributed by atoms with Crippen LogP contribution in [0.15, 0.2) is 48.0 Å². The Labute approximate surface area is 184 Å². The lowest BCUT2D eigenvalue weighted by Crippen LogP contribution is -2.36. The zero-order valence-corrected chi connectivity index (χ0v) is 17.9. The van der Waals surface area contributed by atoms with Crippen LogP contribution in [-0.4, -0.2) is 41.0 Å². The molecule has 2 saturated heterocycles. The largest absolute Gasteiger partial charge is 0.507 e. The molecule has 0 aliphatic carbocycles. The van der Waals surface area contributed by atoms with Crippen LogP contribution >= 0.6 is 23.2 Å². The van der Waals surface area contributed by atoms with Gasteiger partial charge in [0.1, 0.15) is 5.76 Å². The highest BCUT2D eigenvalue weighted by Gasteiger charge is 2.47. The van der Waals surface area contributed by atoms with Crippen molar-refractivity contribution in [3.05, 3.63) is 74.8 Å². The molecule has 2 atom stereocenters. The number of rotatable bonds is 4. The van der Waals surface area contributed by atoms with Gasteiger partial charge in [-0.2, -0.15) is 0 Å². The van der Waals surface area contributed by atoms with Crippen LogP contribution in [0.3, 0.4) is 0 Å². The van der Waals surface area contributed by atoms with E-state index in [1.165, 1.54) is 11.0 Å². The summed E-state index contributed by atoms with van der Waals surface area (Å²) in [7, 11) is 0. The second-order valence-electron chi connectivity index (χ2n) is 7.63. The number of carbonyl (C=O) groups excluding carboxylic acids is 2. The predicted octanol–water partition coefficient (Wildman–Crippen LogP) is 4.90. The Hall–Kier alpha value is -2.34. The first-order chi connectivity index (χ1) is 14.4. The molecule has 0 aromatic heterocycles. The molecule has 0 saturated carbocycles. The second-order valence-corrected chi connectivity index (χ2v) is 8.44. The average Bonchev–Trinajstić information content (AvgIpc) is 3.32. The number of Topliss-reactive ketones (excluding diaryl/α,β-unsaturated/α-hetero) is 1. The first-order valence-corrected chi connectivity index (χ1v) is 10.5. The maximum absolute atomic E-state index is 13.0. The molecule has 1 amide bonds. The van der Waals surface area contributed by atoms with Crippen molar-refractivity contribution in [2.45, 2.75) is 31.9 Å². The van der Waals surface area contributed by atoms with Gasteiger partial charge in [0, 0.05) is 18.7 Å². The summed E-state index contributed by atoms with van der Waals surface area (Å²) in [6, 6.07) is 11.5. The van der Waals surface area contributed by atoms with Crippen molar-refractivity contribution in [3.63, 3.8) is 0 Å². The summed E-state index contributed by atoms with van der Waals surface area (Å²) in [6.45, 7) is 2.88. The summed E-state index contributed by atoms with van der Waals surface area (Å²) in [5, 5.41) is 11.6. The number of halogens is 2. The Morgan fingerprint density at radius 3 is 2.63 bits per heavy atom. The lowest BCUT2D eigenvalue weighted by molar-refractivity contribution is -0.140. The Morgan fingerprint density at radius 2 is 1.97 bits per heavy atom. The minimum Gasteiger partial charge on any atom is -0.507 e. The van der Waals surface area contributed by atoms with E-state index in [0.717, 1.165) is 24.0 Å². The number of ether oxygens (including phenoxy) is 1. The molecule has 2 aromatic carbocycles. The summed E-state index contributed by atoms with van der Waals surface area (Å²) >= 11 is 12.1. The van der Waals surface area contributed by atoms with Crippen molar-refractivity contribution in [2.24, 2.45) is 0 Å².